The molecule has 1 amide bonds. The average molecular weight is 259 g/mol. The van der Waals surface area contributed by atoms with Gasteiger partial charge in [-0.05, 0) is 0 Å². The molecule has 0 aromatic carbocycles. The van der Waals surface area contributed by atoms with Gasteiger partial charge in [0.15, 0.2) is 0 Å². The molecule has 0 aliphatic rings. The van der Waals surface area contributed by atoms with Gasteiger partial charge in [0.05, 0.1) is 0 Å². The first-order chi connectivity index (χ1) is 6.77. The minimum absolute atomic E-state index is 0.750. The Kier molecular flexibility index (Phi) is 5.77. The van der Waals surface area contributed by atoms with Crippen molar-refractivity contribution >= 4 is 6.41 Å². The van der Waals surface area contributed by atoms with E-state index in [0.29, 0.717) is 0 Å². The number of aliphatic hydroxyl groups is 1. The molecule has 3 nitrogen and oxygen atoms in total. The van der Waals surface area contributed by atoms with Crippen LogP contribution in [0.5, 0.6) is 0 Å². The summed E-state index contributed by atoms with van der Waals surface area (Å²) in [5.41, 5.74) is 0. The average Bonchev–Trinajstić information content (AvgIpc) is 2.01. The van der Waals surface area contributed by atoms with Gasteiger partial charge in [-0.3, -0.25) is 4.79 Å². The Bertz CT molecular complexity index is 204. The number of amides is 1. The summed E-state index contributed by atoms with van der Waals surface area (Å²) in [5.74, 6) is -6.12. The standard InChI is InChI=1S/C3HF7O.C3H7NO/c4-1(11,2(5,6)7)3(8,9)10;1-4(2)3-5/h11H;3H,1-2H3. The molecule has 0 aromatic heterocycles. The monoisotopic (exact) mass is 259 g/mol. The molecule has 1 N–H and O–H groups in total. The Balaban J connectivity index is 0. The fourth-order valence-corrected chi connectivity index (χ4v) is 0.161. The van der Waals surface area contributed by atoms with Crippen LogP contribution in [-0.4, -0.2) is 48.7 Å². The Morgan fingerprint density at radius 3 is 1.12 bits per heavy atom. The number of carbonyl (C=O) groups excluding carboxylic acids is 1. The molecule has 16 heavy (non-hydrogen) atoms. The van der Waals surface area contributed by atoms with Gasteiger partial charge in [-0.2, -0.15) is 30.7 Å². The van der Waals surface area contributed by atoms with Crippen molar-refractivity contribution in [3.05, 3.63) is 0 Å². The third-order valence-corrected chi connectivity index (χ3v) is 0.962. The maximum Gasteiger partial charge on any atom is 0.458 e. The second-order valence-electron chi connectivity index (χ2n) is 2.69. The third kappa shape index (κ3) is 5.14. The smallest absolute Gasteiger partial charge is 0.351 e. The predicted octanol–water partition coefficient (Wildman–Crippen LogP) is 1.47. The lowest BCUT2D eigenvalue weighted by atomic mass is 10.3. The summed E-state index contributed by atoms with van der Waals surface area (Å²) in [6, 6.07) is 0. The first-order valence-electron chi connectivity index (χ1n) is 3.43. The van der Waals surface area contributed by atoms with Crippen LogP contribution in [0.2, 0.25) is 0 Å². The van der Waals surface area contributed by atoms with E-state index in [1.54, 1.807) is 14.1 Å². The first-order valence-corrected chi connectivity index (χ1v) is 3.43. The predicted molar refractivity (Wildman–Crippen MR) is 37.9 cm³/mol. The third-order valence-electron chi connectivity index (χ3n) is 0.962. The number of nitrogens with zero attached hydrogens (tertiary/aromatic N) is 1. The fourth-order valence-electron chi connectivity index (χ4n) is 0.161. The fraction of sp³-hybridized carbons (Fsp3) is 0.833. The molecule has 0 aliphatic carbocycles. The van der Waals surface area contributed by atoms with E-state index in [9.17, 15) is 35.5 Å². The second kappa shape index (κ2) is 5.32. The zero-order valence-electron chi connectivity index (χ0n) is 8.03. The number of halogens is 7. The molecule has 0 rings (SSSR count). The lowest BCUT2D eigenvalue weighted by Gasteiger charge is -2.23. The Labute approximate surface area is 85.4 Å². The molecule has 0 heterocycles. The molecule has 10 heteroatoms. The van der Waals surface area contributed by atoms with Crippen LogP contribution >= 0.6 is 0 Å². The lowest BCUT2D eigenvalue weighted by molar-refractivity contribution is -0.417. The molecule has 0 spiro atoms. The van der Waals surface area contributed by atoms with E-state index in [1.807, 2.05) is 0 Å². The largest absolute Gasteiger partial charge is 0.458 e. The van der Waals surface area contributed by atoms with Crippen LogP contribution in [0.25, 0.3) is 0 Å². The van der Waals surface area contributed by atoms with Gasteiger partial charge in [0.2, 0.25) is 6.41 Å². The van der Waals surface area contributed by atoms with E-state index in [1.165, 1.54) is 4.90 Å². The van der Waals surface area contributed by atoms with E-state index >= 15 is 0 Å². The number of hydrogen-bond donors (Lipinski definition) is 1. The molecule has 0 unspecified atom stereocenters. The molecule has 0 bridgehead atoms. The quantitative estimate of drug-likeness (QED) is 0.572. The van der Waals surface area contributed by atoms with E-state index in [0.717, 1.165) is 6.41 Å². The van der Waals surface area contributed by atoms with Crippen molar-refractivity contribution in [1.82, 2.24) is 4.90 Å². The van der Waals surface area contributed by atoms with Crippen LogP contribution in [0.4, 0.5) is 30.7 Å². The molecule has 0 fully saturated rings. The Morgan fingerprint density at radius 1 is 0.938 bits per heavy atom. The maximum absolute atomic E-state index is 11.4. The van der Waals surface area contributed by atoms with Gasteiger partial charge >= 0.3 is 18.2 Å². The summed E-state index contributed by atoms with van der Waals surface area (Å²) in [6.45, 7) is 0. The van der Waals surface area contributed by atoms with Gasteiger partial charge in [-0.25, -0.2) is 0 Å². The Morgan fingerprint density at radius 2 is 1.12 bits per heavy atom. The summed E-state index contributed by atoms with van der Waals surface area (Å²) >= 11 is 0. The lowest BCUT2D eigenvalue weighted by Crippen LogP contribution is -2.52. The van der Waals surface area contributed by atoms with Crippen molar-refractivity contribution in [3.8, 4) is 0 Å². The van der Waals surface area contributed by atoms with Crippen molar-refractivity contribution in [3.63, 3.8) is 0 Å². The highest BCUT2D eigenvalue weighted by molar-refractivity contribution is 5.45. The van der Waals surface area contributed by atoms with Gasteiger partial charge in [0.25, 0.3) is 0 Å². The molecule has 98 valence electrons. The van der Waals surface area contributed by atoms with E-state index in [4.69, 9.17) is 5.11 Å². The SMILES string of the molecule is CN(C)C=O.OC(F)(C(F)(F)F)C(F)(F)F. The zero-order valence-corrected chi connectivity index (χ0v) is 8.03. The summed E-state index contributed by atoms with van der Waals surface area (Å²) < 4.78 is 77.3. The molecule has 0 saturated carbocycles. The van der Waals surface area contributed by atoms with Crippen LogP contribution in [0.1, 0.15) is 0 Å². The van der Waals surface area contributed by atoms with Crippen LogP contribution < -0.4 is 0 Å². The number of alkyl halides is 7. The van der Waals surface area contributed by atoms with Gasteiger partial charge < -0.3 is 10.0 Å². The van der Waals surface area contributed by atoms with Crippen LogP contribution in [0.3, 0.4) is 0 Å². The second-order valence-corrected chi connectivity index (χ2v) is 2.69. The van der Waals surface area contributed by atoms with Crippen LogP contribution in [0.15, 0.2) is 0 Å². The summed E-state index contributed by atoms with van der Waals surface area (Å²) in [6.07, 6.45) is -12.0. The van der Waals surface area contributed by atoms with Gasteiger partial charge in [-0.15, -0.1) is 0 Å². The highest BCUT2D eigenvalue weighted by Gasteiger charge is 2.72. The molecule has 0 atom stereocenters. The van der Waals surface area contributed by atoms with E-state index in [-0.39, 0.29) is 0 Å². The Hall–Kier alpha value is -1.06. The highest BCUT2D eigenvalue weighted by Crippen LogP contribution is 2.43. The van der Waals surface area contributed by atoms with E-state index < -0.39 is 18.2 Å². The number of carbonyl (C=O) groups is 1. The molecule has 0 aromatic rings. The van der Waals surface area contributed by atoms with Crippen molar-refractivity contribution in [2.24, 2.45) is 0 Å². The summed E-state index contributed by atoms with van der Waals surface area (Å²) in [4.78, 5) is 10.9. The summed E-state index contributed by atoms with van der Waals surface area (Å²) in [7, 11) is 3.38. The number of rotatable bonds is 1. The van der Waals surface area contributed by atoms with Gasteiger partial charge in [-0.1, -0.05) is 0 Å². The van der Waals surface area contributed by atoms with Crippen molar-refractivity contribution < 1.29 is 40.6 Å². The van der Waals surface area contributed by atoms with Gasteiger partial charge in [0.1, 0.15) is 0 Å². The molecule has 0 aliphatic heterocycles. The zero-order chi connectivity index (χ0) is 13.8. The number of hydrogen-bond acceptors (Lipinski definition) is 2. The van der Waals surface area contributed by atoms with Crippen molar-refractivity contribution in [2.45, 2.75) is 18.2 Å². The minimum atomic E-state index is -6.36. The highest BCUT2D eigenvalue weighted by atomic mass is 19.4. The van der Waals surface area contributed by atoms with E-state index in [2.05, 4.69) is 0 Å². The van der Waals surface area contributed by atoms with Gasteiger partial charge in [0, 0.05) is 14.1 Å². The normalized spacial score (nSPS) is 12.6. The molecular weight excluding hydrogens is 251 g/mol. The van der Waals surface area contributed by atoms with Crippen molar-refractivity contribution in [2.75, 3.05) is 14.1 Å². The molecule has 0 saturated heterocycles. The minimum Gasteiger partial charge on any atom is -0.351 e. The maximum atomic E-state index is 11.4. The van der Waals surface area contributed by atoms with Crippen molar-refractivity contribution in [1.29, 1.82) is 0 Å². The van der Waals surface area contributed by atoms with Crippen LogP contribution in [-0.2, 0) is 4.79 Å². The first kappa shape index (κ1) is 17.3. The topological polar surface area (TPSA) is 40.5 Å². The molecular formula is C6H8F7NO2. The summed E-state index contributed by atoms with van der Waals surface area (Å²) in [5, 5.41) is 7.27. The molecule has 0 radical (unpaired) electrons. The van der Waals surface area contributed by atoms with Crippen LogP contribution in [0, 0.1) is 0 Å².